The van der Waals surface area contributed by atoms with Crippen molar-refractivity contribution in [3.8, 4) is 11.5 Å². The Labute approximate surface area is 119 Å². The van der Waals surface area contributed by atoms with Gasteiger partial charge in [0.2, 0.25) is 10.0 Å². The Morgan fingerprint density at radius 1 is 1.35 bits per heavy atom. The van der Waals surface area contributed by atoms with Crippen molar-refractivity contribution in [2.45, 2.75) is 18.9 Å². The monoisotopic (exact) mass is 297 g/mol. The van der Waals surface area contributed by atoms with Crippen LogP contribution < -0.4 is 9.47 Å². The minimum absolute atomic E-state index is 0.233. The molecule has 1 aliphatic heterocycles. The number of methoxy groups -OCH3 is 2. The van der Waals surface area contributed by atoms with Gasteiger partial charge in [0, 0.05) is 17.5 Å². The smallest absolute Gasteiger partial charge is 0.236 e. The molecule has 6 heteroatoms. The SMILES string of the molecule is C=CS(=O)(=O)N1CCCC1c1cc(OC)ccc1OC. The number of sulfonamides is 1. The molecule has 1 atom stereocenters. The Morgan fingerprint density at radius 3 is 2.70 bits per heavy atom. The van der Waals surface area contributed by atoms with E-state index >= 15 is 0 Å². The maximum atomic E-state index is 12.1. The van der Waals surface area contributed by atoms with Gasteiger partial charge in [-0.05, 0) is 31.0 Å². The molecule has 1 aromatic carbocycles. The number of ether oxygens (including phenoxy) is 2. The van der Waals surface area contributed by atoms with Crippen molar-refractivity contribution >= 4 is 10.0 Å². The predicted molar refractivity (Wildman–Crippen MR) is 77.3 cm³/mol. The first kappa shape index (κ1) is 14.9. The summed E-state index contributed by atoms with van der Waals surface area (Å²) in [6.45, 7) is 3.90. The quantitative estimate of drug-likeness (QED) is 0.837. The molecule has 1 heterocycles. The van der Waals surface area contributed by atoms with Crippen LogP contribution in [0.15, 0.2) is 30.2 Å². The Bertz CT molecular complexity index is 597. The highest BCUT2D eigenvalue weighted by Crippen LogP contribution is 2.40. The van der Waals surface area contributed by atoms with Gasteiger partial charge in [0.1, 0.15) is 11.5 Å². The van der Waals surface area contributed by atoms with E-state index < -0.39 is 10.0 Å². The highest BCUT2D eigenvalue weighted by molar-refractivity contribution is 7.92. The van der Waals surface area contributed by atoms with E-state index in [-0.39, 0.29) is 6.04 Å². The molecule has 1 aromatic rings. The molecular weight excluding hydrogens is 278 g/mol. The maximum Gasteiger partial charge on any atom is 0.236 e. The second-order valence-electron chi connectivity index (χ2n) is 4.59. The number of hydrogen-bond acceptors (Lipinski definition) is 4. The lowest BCUT2D eigenvalue weighted by molar-refractivity contribution is 0.364. The second-order valence-corrected chi connectivity index (χ2v) is 6.42. The number of hydrogen-bond donors (Lipinski definition) is 0. The standard InChI is InChI=1S/C14H19NO4S/c1-4-20(16,17)15-9-5-6-13(15)12-10-11(18-2)7-8-14(12)19-3/h4,7-8,10,13H,1,5-6,9H2,2-3H3. The van der Waals surface area contributed by atoms with Crippen LogP contribution in [0.25, 0.3) is 0 Å². The first-order valence-electron chi connectivity index (χ1n) is 6.39. The van der Waals surface area contributed by atoms with Gasteiger partial charge in [-0.25, -0.2) is 8.42 Å². The fourth-order valence-corrected chi connectivity index (χ4v) is 3.70. The average Bonchev–Trinajstić information content (AvgIpc) is 2.96. The van der Waals surface area contributed by atoms with Crippen LogP contribution in [0.1, 0.15) is 24.4 Å². The summed E-state index contributed by atoms with van der Waals surface area (Å²) in [7, 11) is -0.281. The fourth-order valence-electron chi connectivity index (χ4n) is 2.55. The fraction of sp³-hybridized carbons (Fsp3) is 0.429. The van der Waals surface area contributed by atoms with Crippen molar-refractivity contribution < 1.29 is 17.9 Å². The second kappa shape index (κ2) is 5.85. The summed E-state index contributed by atoms with van der Waals surface area (Å²) in [4.78, 5) is 0. The average molecular weight is 297 g/mol. The van der Waals surface area contributed by atoms with Crippen LogP contribution in [0.2, 0.25) is 0 Å². The van der Waals surface area contributed by atoms with Crippen LogP contribution in [-0.2, 0) is 10.0 Å². The van der Waals surface area contributed by atoms with Gasteiger partial charge in [-0.1, -0.05) is 6.58 Å². The van der Waals surface area contributed by atoms with Crippen LogP contribution >= 0.6 is 0 Å². The molecule has 1 fully saturated rings. The summed E-state index contributed by atoms with van der Waals surface area (Å²) in [5.74, 6) is 1.35. The zero-order valence-corrected chi connectivity index (χ0v) is 12.5. The largest absolute Gasteiger partial charge is 0.497 e. The highest BCUT2D eigenvalue weighted by atomic mass is 32.2. The summed E-state index contributed by atoms with van der Waals surface area (Å²) in [5.41, 5.74) is 0.828. The van der Waals surface area contributed by atoms with Crippen LogP contribution in [0, 0.1) is 0 Å². The summed E-state index contributed by atoms with van der Waals surface area (Å²) < 4.78 is 36.2. The Hall–Kier alpha value is -1.53. The van der Waals surface area contributed by atoms with Crippen molar-refractivity contribution in [1.82, 2.24) is 4.31 Å². The summed E-state index contributed by atoms with van der Waals surface area (Å²) in [6, 6.07) is 5.19. The van der Waals surface area contributed by atoms with Crippen LogP contribution in [0.5, 0.6) is 11.5 Å². The summed E-state index contributed by atoms with van der Waals surface area (Å²) >= 11 is 0. The molecule has 2 rings (SSSR count). The van der Waals surface area contributed by atoms with Crippen molar-refractivity contribution in [3.05, 3.63) is 35.7 Å². The Balaban J connectivity index is 2.46. The van der Waals surface area contributed by atoms with Gasteiger partial charge in [-0.3, -0.25) is 0 Å². The van der Waals surface area contributed by atoms with Crippen LogP contribution in [0.3, 0.4) is 0 Å². The number of rotatable bonds is 5. The lowest BCUT2D eigenvalue weighted by Gasteiger charge is -2.24. The van der Waals surface area contributed by atoms with Gasteiger partial charge < -0.3 is 9.47 Å². The van der Waals surface area contributed by atoms with Gasteiger partial charge >= 0.3 is 0 Å². The minimum atomic E-state index is -3.44. The van der Waals surface area contributed by atoms with E-state index in [1.807, 2.05) is 6.07 Å². The minimum Gasteiger partial charge on any atom is -0.497 e. The Kier molecular flexibility index (Phi) is 4.35. The molecule has 0 bridgehead atoms. The van der Waals surface area contributed by atoms with Crippen LogP contribution in [0.4, 0.5) is 0 Å². The third kappa shape index (κ3) is 2.66. The zero-order chi connectivity index (χ0) is 14.8. The van der Waals surface area contributed by atoms with Crippen molar-refractivity contribution in [2.75, 3.05) is 20.8 Å². The molecule has 1 saturated heterocycles. The van der Waals surface area contributed by atoms with E-state index in [1.54, 1.807) is 26.4 Å². The molecule has 0 radical (unpaired) electrons. The van der Waals surface area contributed by atoms with Gasteiger partial charge in [-0.2, -0.15) is 4.31 Å². The predicted octanol–water partition coefficient (Wildman–Crippen LogP) is 2.31. The lowest BCUT2D eigenvalue weighted by atomic mass is 10.0. The van der Waals surface area contributed by atoms with E-state index in [1.165, 1.54) is 4.31 Å². The van der Waals surface area contributed by atoms with Crippen molar-refractivity contribution in [3.63, 3.8) is 0 Å². The molecule has 0 saturated carbocycles. The molecule has 110 valence electrons. The molecule has 1 unspecified atom stereocenters. The van der Waals surface area contributed by atoms with E-state index in [0.717, 1.165) is 23.8 Å². The molecule has 0 N–H and O–H groups in total. The van der Waals surface area contributed by atoms with Gasteiger partial charge in [0.25, 0.3) is 0 Å². The van der Waals surface area contributed by atoms with Crippen LogP contribution in [-0.4, -0.2) is 33.5 Å². The molecule has 0 amide bonds. The lowest BCUT2D eigenvalue weighted by Crippen LogP contribution is -2.29. The maximum absolute atomic E-state index is 12.1. The van der Waals surface area contributed by atoms with E-state index in [4.69, 9.17) is 9.47 Å². The molecule has 0 aromatic heterocycles. The Morgan fingerprint density at radius 2 is 2.10 bits per heavy atom. The molecule has 1 aliphatic rings. The topological polar surface area (TPSA) is 55.8 Å². The summed E-state index contributed by atoms with van der Waals surface area (Å²) in [6.07, 6.45) is 1.58. The van der Waals surface area contributed by atoms with Gasteiger partial charge in [0.15, 0.2) is 0 Å². The normalized spacial score (nSPS) is 19.8. The van der Waals surface area contributed by atoms with Crippen molar-refractivity contribution in [1.29, 1.82) is 0 Å². The zero-order valence-electron chi connectivity index (χ0n) is 11.7. The molecule has 0 spiro atoms. The highest BCUT2D eigenvalue weighted by Gasteiger charge is 2.35. The third-order valence-electron chi connectivity index (χ3n) is 3.54. The first-order valence-corrected chi connectivity index (χ1v) is 7.90. The van der Waals surface area contributed by atoms with Crippen molar-refractivity contribution in [2.24, 2.45) is 0 Å². The third-order valence-corrected chi connectivity index (χ3v) is 5.05. The van der Waals surface area contributed by atoms with Gasteiger partial charge in [-0.15, -0.1) is 0 Å². The molecule has 5 nitrogen and oxygen atoms in total. The molecular formula is C14H19NO4S. The summed E-state index contributed by atoms with van der Waals surface area (Å²) in [5, 5.41) is 0.998. The number of benzene rings is 1. The molecule has 20 heavy (non-hydrogen) atoms. The first-order chi connectivity index (χ1) is 9.53. The van der Waals surface area contributed by atoms with E-state index in [9.17, 15) is 8.42 Å². The van der Waals surface area contributed by atoms with Gasteiger partial charge in [0.05, 0.1) is 20.3 Å². The number of nitrogens with zero attached hydrogens (tertiary/aromatic N) is 1. The molecule has 0 aliphatic carbocycles. The van der Waals surface area contributed by atoms with E-state index in [2.05, 4.69) is 6.58 Å². The van der Waals surface area contributed by atoms with E-state index in [0.29, 0.717) is 18.0 Å².